The van der Waals surface area contributed by atoms with E-state index in [0.29, 0.717) is 0 Å². The summed E-state index contributed by atoms with van der Waals surface area (Å²) in [5.74, 6) is 0. The molecule has 0 fully saturated rings. The summed E-state index contributed by atoms with van der Waals surface area (Å²) in [6, 6.07) is 0. The van der Waals surface area contributed by atoms with E-state index in [1.54, 1.807) is 14.3 Å². The fourth-order valence-electron chi connectivity index (χ4n) is 2.25. The van der Waals surface area contributed by atoms with Crippen LogP contribution in [0.15, 0.2) is 44.7 Å². The van der Waals surface area contributed by atoms with Crippen LogP contribution >= 0.6 is 0 Å². The van der Waals surface area contributed by atoms with Crippen LogP contribution in [0, 0.1) is 0 Å². The Morgan fingerprint density at radius 2 is 2.06 bits per heavy atom. The van der Waals surface area contributed by atoms with Gasteiger partial charge < -0.3 is 0 Å². The third-order valence-corrected chi connectivity index (χ3v) is 8.11. The molecular weight excluding hydrogens is 267 g/mol. The van der Waals surface area contributed by atoms with Crippen molar-refractivity contribution < 1.29 is 14.4 Å². The molecule has 0 saturated heterocycles. The van der Waals surface area contributed by atoms with Crippen LogP contribution in [0.2, 0.25) is 5.54 Å². The molecule has 2 aliphatic rings. The van der Waals surface area contributed by atoms with E-state index in [9.17, 15) is 0 Å². The van der Waals surface area contributed by atoms with Crippen molar-refractivity contribution in [2.75, 3.05) is 0 Å². The zero-order valence-corrected chi connectivity index (χ0v) is 13.2. The molecule has 0 radical (unpaired) electrons. The van der Waals surface area contributed by atoms with Gasteiger partial charge in [0.15, 0.2) is 0 Å². The third-order valence-electron chi connectivity index (χ3n) is 3.50. The molecule has 0 saturated carbocycles. The Hall–Kier alpha value is -0.330. The first-order chi connectivity index (χ1) is 8.33. The van der Waals surface area contributed by atoms with Gasteiger partial charge in [0, 0.05) is 0 Å². The predicted octanol–water partition coefficient (Wildman–Crippen LogP) is 3.86. The van der Waals surface area contributed by atoms with Gasteiger partial charge in [-0.1, -0.05) is 0 Å². The molecule has 2 heteroatoms. The zero-order valence-electron chi connectivity index (χ0n) is 10.8. The summed E-state index contributed by atoms with van der Waals surface area (Å²) < 4.78 is 3.22. The van der Waals surface area contributed by atoms with E-state index in [2.05, 4.69) is 44.2 Å². The van der Waals surface area contributed by atoms with E-state index in [4.69, 9.17) is 0 Å². The van der Waals surface area contributed by atoms with Gasteiger partial charge in [-0.3, -0.25) is 0 Å². The first-order valence-electron chi connectivity index (χ1n) is 6.66. The summed E-state index contributed by atoms with van der Waals surface area (Å²) >= 11 is 1.84. The number of hydrogen-bond acceptors (Lipinski definition) is 0. The third kappa shape index (κ3) is 3.56. The molecule has 0 aromatic heterocycles. The fraction of sp³-hybridized carbons (Fsp3) is 0.467. The molecule has 2 aliphatic carbocycles. The Morgan fingerprint density at radius 3 is 2.71 bits per heavy atom. The molecular formula is C15H22NiSi. The average Bonchev–Trinajstić information content (AvgIpc) is 2.99. The standard InChI is InChI=1S/C10H17Si.C5H5.Ni/c1-3-9(4-2)11-10-7-5-6-8-10;1-2-4-5-3-1;/h5,7,9H,3-4,6,11H2,1-2H3;1-3H,4H2;. The maximum absolute atomic E-state index is 2.42. The van der Waals surface area contributed by atoms with Crippen molar-refractivity contribution in [3.63, 3.8) is 0 Å². The summed E-state index contributed by atoms with van der Waals surface area (Å²) in [4.78, 5) is 0. The molecule has 0 amide bonds. The van der Waals surface area contributed by atoms with E-state index in [1.165, 1.54) is 19.3 Å². The van der Waals surface area contributed by atoms with Crippen LogP contribution in [-0.4, -0.2) is 9.52 Å². The number of hydrogen-bond donors (Lipinski definition) is 0. The van der Waals surface area contributed by atoms with Gasteiger partial charge >= 0.3 is 114 Å². The minimum absolute atomic E-state index is 0.0540. The SMILES string of the molecule is CCC(CC)[SiH2]C1=[C]([Ni][C]2=CC=CC2)CC=C1. The molecule has 0 aromatic rings. The van der Waals surface area contributed by atoms with Crippen LogP contribution in [0.25, 0.3) is 0 Å². The van der Waals surface area contributed by atoms with Gasteiger partial charge in [-0.15, -0.1) is 0 Å². The van der Waals surface area contributed by atoms with E-state index in [1.807, 2.05) is 14.4 Å². The monoisotopic (exact) mass is 288 g/mol. The summed E-state index contributed by atoms with van der Waals surface area (Å²) in [6.45, 7) is 4.69. The molecule has 17 heavy (non-hydrogen) atoms. The number of rotatable bonds is 6. The maximum atomic E-state index is 2.42. The second kappa shape index (κ2) is 6.56. The Balaban J connectivity index is 1.98. The second-order valence-electron chi connectivity index (χ2n) is 4.67. The molecule has 0 atom stereocenters. The van der Waals surface area contributed by atoms with E-state index in [-0.39, 0.29) is 9.52 Å². The van der Waals surface area contributed by atoms with Gasteiger partial charge in [0.05, 0.1) is 0 Å². The molecule has 0 nitrogen and oxygen atoms in total. The Morgan fingerprint density at radius 1 is 1.24 bits per heavy atom. The normalized spacial score (nSPS) is 19.6. The Labute approximate surface area is 114 Å². The average molecular weight is 289 g/mol. The van der Waals surface area contributed by atoms with Crippen molar-refractivity contribution in [3.05, 3.63) is 44.7 Å². The van der Waals surface area contributed by atoms with E-state index < -0.39 is 0 Å². The van der Waals surface area contributed by atoms with Crippen molar-refractivity contribution in [2.45, 2.75) is 45.1 Å². The van der Waals surface area contributed by atoms with Gasteiger partial charge in [0.25, 0.3) is 0 Å². The minimum atomic E-state index is -0.0540. The molecule has 96 valence electrons. The summed E-state index contributed by atoms with van der Waals surface area (Å²) in [7, 11) is -0.0540. The molecule has 2 rings (SSSR count). The summed E-state index contributed by atoms with van der Waals surface area (Å²) in [5.41, 5.74) is 1.00. The molecule has 0 aromatic carbocycles. The quantitative estimate of drug-likeness (QED) is 0.651. The Kier molecular flexibility index (Phi) is 5.06. The molecule has 0 aliphatic heterocycles. The van der Waals surface area contributed by atoms with Crippen LogP contribution < -0.4 is 0 Å². The number of allylic oxidation sites excluding steroid dienone is 8. The van der Waals surface area contributed by atoms with Crippen molar-refractivity contribution >= 4 is 9.52 Å². The van der Waals surface area contributed by atoms with E-state index in [0.717, 1.165) is 12.0 Å². The molecule has 0 unspecified atom stereocenters. The predicted molar refractivity (Wildman–Crippen MR) is 75.5 cm³/mol. The molecule has 0 bridgehead atoms. The topological polar surface area (TPSA) is 0 Å². The summed E-state index contributed by atoms with van der Waals surface area (Å²) in [5, 5.41) is 1.74. The van der Waals surface area contributed by atoms with Gasteiger partial charge in [-0.05, 0) is 0 Å². The van der Waals surface area contributed by atoms with Crippen molar-refractivity contribution in [1.82, 2.24) is 0 Å². The first kappa shape index (κ1) is 13.1. The fourth-order valence-corrected chi connectivity index (χ4v) is 5.87. The van der Waals surface area contributed by atoms with Gasteiger partial charge in [0.2, 0.25) is 0 Å². The van der Waals surface area contributed by atoms with Crippen LogP contribution in [0.4, 0.5) is 0 Å². The first-order valence-corrected chi connectivity index (χ1v) is 9.17. The summed E-state index contributed by atoms with van der Waals surface area (Å²) in [6.07, 6.45) is 16.6. The van der Waals surface area contributed by atoms with Crippen molar-refractivity contribution in [3.8, 4) is 0 Å². The van der Waals surface area contributed by atoms with Crippen LogP contribution in [-0.2, 0) is 14.4 Å². The van der Waals surface area contributed by atoms with Crippen molar-refractivity contribution in [2.24, 2.45) is 0 Å². The zero-order chi connectivity index (χ0) is 12.1. The van der Waals surface area contributed by atoms with Crippen LogP contribution in [0.1, 0.15) is 39.5 Å². The van der Waals surface area contributed by atoms with Gasteiger partial charge in [0.1, 0.15) is 0 Å². The molecule has 0 spiro atoms. The van der Waals surface area contributed by atoms with Crippen molar-refractivity contribution in [1.29, 1.82) is 0 Å². The van der Waals surface area contributed by atoms with Gasteiger partial charge in [-0.2, -0.15) is 0 Å². The van der Waals surface area contributed by atoms with Crippen LogP contribution in [0.5, 0.6) is 0 Å². The molecule has 0 heterocycles. The van der Waals surface area contributed by atoms with Crippen LogP contribution in [0.3, 0.4) is 0 Å². The Bertz CT molecular complexity index is 384. The van der Waals surface area contributed by atoms with E-state index >= 15 is 0 Å². The van der Waals surface area contributed by atoms with Gasteiger partial charge in [-0.25, -0.2) is 0 Å². The second-order valence-corrected chi connectivity index (χ2v) is 8.47. The molecule has 0 N–H and O–H groups in total.